The lowest BCUT2D eigenvalue weighted by Gasteiger charge is -2.21. The number of esters is 1. The van der Waals surface area contributed by atoms with Crippen LogP contribution in [-0.4, -0.2) is 36.2 Å². The fourth-order valence-electron chi connectivity index (χ4n) is 1.17. The zero-order valence-corrected chi connectivity index (χ0v) is 12.1. The SMILES string of the molecule is COC(=O)C(CSC(C)C(C)C)NC(C)C. The van der Waals surface area contributed by atoms with Crippen molar-refractivity contribution in [2.45, 2.75) is 52.0 Å². The van der Waals surface area contributed by atoms with Crippen LogP contribution in [0.2, 0.25) is 0 Å². The van der Waals surface area contributed by atoms with Crippen LogP contribution in [0, 0.1) is 5.92 Å². The first-order valence-corrected chi connectivity index (χ1v) is 6.88. The molecule has 2 atom stereocenters. The summed E-state index contributed by atoms with van der Waals surface area (Å²) in [6.07, 6.45) is 0. The minimum Gasteiger partial charge on any atom is -0.468 e. The van der Waals surface area contributed by atoms with Crippen LogP contribution >= 0.6 is 11.8 Å². The summed E-state index contributed by atoms with van der Waals surface area (Å²) in [6.45, 7) is 10.7. The summed E-state index contributed by atoms with van der Waals surface area (Å²) in [5.41, 5.74) is 0. The van der Waals surface area contributed by atoms with E-state index in [1.165, 1.54) is 7.11 Å². The Bertz CT molecular complexity index is 207. The molecule has 3 nitrogen and oxygen atoms in total. The zero-order chi connectivity index (χ0) is 12.7. The summed E-state index contributed by atoms with van der Waals surface area (Å²) in [6, 6.07) is 0.0928. The largest absolute Gasteiger partial charge is 0.468 e. The predicted octanol–water partition coefficient (Wildman–Crippen LogP) is 2.30. The maximum atomic E-state index is 11.5. The standard InChI is InChI=1S/C12H25NO2S/c1-8(2)10(5)16-7-11(12(14)15-6)13-9(3)4/h8-11,13H,7H2,1-6H3. The highest BCUT2D eigenvalue weighted by molar-refractivity contribution is 7.99. The number of rotatable bonds is 7. The van der Waals surface area contributed by atoms with E-state index >= 15 is 0 Å². The fourth-order valence-corrected chi connectivity index (χ4v) is 2.28. The highest BCUT2D eigenvalue weighted by Gasteiger charge is 2.21. The summed E-state index contributed by atoms with van der Waals surface area (Å²) in [5.74, 6) is 1.23. The molecule has 0 heterocycles. The van der Waals surface area contributed by atoms with E-state index in [1.807, 2.05) is 25.6 Å². The maximum absolute atomic E-state index is 11.5. The van der Waals surface area contributed by atoms with Gasteiger partial charge in [0, 0.05) is 17.0 Å². The molecule has 2 unspecified atom stereocenters. The Morgan fingerprint density at radius 3 is 2.19 bits per heavy atom. The van der Waals surface area contributed by atoms with E-state index in [4.69, 9.17) is 4.74 Å². The van der Waals surface area contributed by atoms with E-state index in [2.05, 4.69) is 26.1 Å². The summed E-state index contributed by atoms with van der Waals surface area (Å²) >= 11 is 1.81. The van der Waals surface area contributed by atoms with E-state index in [0.717, 1.165) is 5.75 Å². The van der Waals surface area contributed by atoms with Gasteiger partial charge in [-0.25, -0.2) is 0 Å². The molecular formula is C12H25NO2S. The Morgan fingerprint density at radius 1 is 1.25 bits per heavy atom. The second-order valence-corrected chi connectivity index (χ2v) is 6.09. The predicted molar refractivity (Wildman–Crippen MR) is 70.8 cm³/mol. The lowest BCUT2D eigenvalue weighted by molar-refractivity contribution is -0.142. The van der Waals surface area contributed by atoms with Crippen LogP contribution in [0.5, 0.6) is 0 Å². The van der Waals surface area contributed by atoms with Gasteiger partial charge >= 0.3 is 5.97 Å². The summed E-state index contributed by atoms with van der Waals surface area (Å²) in [5, 5.41) is 3.79. The Morgan fingerprint density at radius 2 is 1.81 bits per heavy atom. The van der Waals surface area contributed by atoms with Crippen LogP contribution in [0.15, 0.2) is 0 Å². The van der Waals surface area contributed by atoms with E-state index in [1.54, 1.807) is 0 Å². The molecule has 0 saturated heterocycles. The van der Waals surface area contributed by atoms with Crippen molar-refractivity contribution in [3.05, 3.63) is 0 Å². The number of carbonyl (C=O) groups is 1. The van der Waals surface area contributed by atoms with Gasteiger partial charge in [0.25, 0.3) is 0 Å². The number of nitrogens with one attached hydrogen (secondary N) is 1. The van der Waals surface area contributed by atoms with Crippen LogP contribution in [-0.2, 0) is 9.53 Å². The number of carbonyl (C=O) groups excluding carboxylic acids is 1. The minimum atomic E-state index is -0.198. The molecule has 0 aromatic heterocycles. The molecule has 4 heteroatoms. The molecule has 0 aliphatic rings. The van der Waals surface area contributed by atoms with Crippen LogP contribution in [0.4, 0.5) is 0 Å². The average Bonchev–Trinajstić information content (AvgIpc) is 2.21. The molecule has 0 aromatic carbocycles. The third-order valence-corrected chi connectivity index (χ3v) is 4.08. The van der Waals surface area contributed by atoms with Gasteiger partial charge in [-0.05, 0) is 5.92 Å². The van der Waals surface area contributed by atoms with E-state index in [-0.39, 0.29) is 12.0 Å². The van der Waals surface area contributed by atoms with Crippen molar-refractivity contribution in [2.24, 2.45) is 5.92 Å². The number of methoxy groups -OCH3 is 1. The van der Waals surface area contributed by atoms with Crippen LogP contribution in [0.3, 0.4) is 0 Å². The minimum absolute atomic E-state index is 0.169. The van der Waals surface area contributed by atoms with Gasteiger partial charge in [0.1, 0.15) is 6.04 Å². The van der Waals surface area contributed by atoms with E-state index in [0.29, 0.717) is 17.2 Å². The van der Waals surface area contributed by atoms with Crippen LogP contribution in [0.1, 0.15) is 34.6 Å². The number of hydrogen-bond acceptors (Lipinski definition) is 4. The normalized spacial score (nSPS) is 15.2. The quantitative estimate of drug-likeness (QED) is 0.701. The maximum Gasteiger partial charge on any atom is 0.323 e. The lowest BCUT2D eigenvalue weighted by atomic mass is 10.2. The molecule has 0 rings (SSSR count). The molecule has 0 fully saturated rings. The van der Waals surface area contributed by atoms with Crippen molar-refractivity contribution < 1.29 is 9.53 Å². The van der Waals surface area contributed by atoms with E-state index < -0.39 is 0 Å². The van der Waals surface area contributed by atoms with Crippen molar-refractivity contribution in [1.29, 1.82) is 0 Å². The molecule has 0 bridgehead atoms. The monoisotopic (exact) mass is 247 g/mol. The molecular weight excluding hydrogens is 222 g/mol. The molecule has 0 spiro atoms. The fraction of sp³-hybridized carbons (Fsp3) is 0.917. The van der Waals surface area contributed by atoms with Gasteiger partial charge in [0.05, 0.1) is 7.11 Å². The van der Waals surface area contributed by atoms with Crippen molar-refractivity contribution in [1.82, 2.24) is 5.32 Å². The van der Waals surface area contributed by atoms with Gasteiger partial charge in [-0.3, -0.25) is 4.79 Å². The molecule has 96 valence electrons. The Balaban J connectivity index is 4.16. The molecule has 0 amide bonds. The molecule has 1 N–H and O–H groups in total. The van der Waals surface area contributed by atoms with Crippen molar-refractivity contribution >= 4 is 17.7 Å². The molecule has 0 aromatic rings. The first kappa shape index (κ1) is 15.8. The topological polar surface area (TPSA) is 38.3 Å². The number of ether oxygens (including phenoxy) is 1. The van der Waals surface area contributed by atoms with Gasteiger partial charge in [-0.2, -0.15) is 11.8 Å². The van der Waals surface area contributed by atoms with Gasteiger partial charge in [0.2, 0.25) is 0 Å². The summed E-state index contributed by atoms with van der Waals surface area (Å²) in [7, 11) is 1.44. The molecule has 0 radical (unpaired) electrons. The summed E-state index contributed by atoms with van der Waals surface area (Å²) in [4.78, 5) is 11.5. The Labute approximate surface area is 104 Å². The van der Waals surface area contributed by atoms with Gasteiger partial charge in [-0.15, -0.1) is 0 Å². The number of thioether (sulfide) groups is 1. The highest BCUT2D eigenvalue weighted by atomic mass is 32.2. The van der Waals surface area contributed by atoms with Crippen LogP contribution in [0.25, 0.3) is 0 Å². The first-order chi connectivity index (χ1) is 7.38. The second kappa shape index (κ2) is 7.96. The molecule has 16 heavy (non-hydrogen) atoms. The van der Waals surface area contributed by atoms with Gasteiger partial charge < -0.3 is 10.1 Å². The smallest absolute Gasteiger partial charge is 0.323 e. The second-order valence-electron chi connectivity index (χ2n) is 4.68. The molecule has 0 saturated carbocycles. The first-order valence-electron chi connectivity index (χ1n) is 5.84. The van der Waals surface area contributed by atoms with Gasteiger partial charge in [-0.1, -0.05) is 34.6 Å². The third-order valence-electron chi connectivity index (χ3n) is 2.48. The summed E-state index contributed by atoms with van der Waals surface area (Å²) < 4.78 is 4.79. The zero-order valence-electron chi connectivity index (χ0n) is 11.2. The van der Waals surface area contributed by atoms with Crippen LogP contribution < -0.4 is 5.32 Å². The van der Waals surface area contributed by atoms with E-state index in [9.17, 15) is 4.79 Å². The lowest BCUT2D eigenvalue weighted by Crippen LogP contribution is -2.43. The van der Waals surface area contributed by atoms with Crippen molar-refractivity contribution in [3.8, 4) is 0 Å². The third kappa shape index (κ3) is 6.38. The molecule has 0 aliphatic heterocycles. The van der Waals surface area contributed by atoms with Gasteiger partial charge in [0.15, 0.2) is 0 Å². The van der Waals surface area contributed by atoms with Crippen molar-refractivity contribution in [2.75, 3.05) is 12.9 Å². The van der Waals surface area contributed by atoms with Crippen molar-refractivity contribution in [3.63, 3.8) is 0 Å². The highest BCUT2D eigenvalue weighted by Crippen LogP contribution is 2.19. The Kier molecular flexibility index (Phi) is 7.85. The molecule has 0 aliphatic carbocycles. The number of hydrogen-bond donors (Lipinski definition) is 1. The average molecular weight is 247 g/mol. The Hall–Kier alpha value is -0.220.